The normalized spacial score (nSPS) is 20.7. The predicted molar refractivity (Wildman–Crippen MR) is 75.1 cm³/mol. The van der Waals surface area contributed by atoms with Gasteiger partial charge in [0.15, 0.2) is 0 Å². The van der Waals surface area contributed by atoms with Crippen LogP contribution in [0, 0.1) is 5.41 Å². The number of ether oxygens (including phenoxy) is 1. The van der Waals surface area contributed by atoms with Crippen molar-refractivity contribution in [2.45, 2.75) is 25.8 Å². The number of nitrogens with one attached hydrogen (secondary N) is 2. The van der Waals surface area contributed by atoms with Gasteiger partial charge in [0, 0.05) is 48.6 Å². The van der Waals surface area contributed by atoms with Crippen LogP contribution in [0.15, 0.2) is 0 Å². The van der Waals surface area contributed by atoms with Crippen molar-refractivity contribution in [3.05, 3.63) is 0 Å². The average molecular weight is 306 g/mol. The van der Waals surface area contributed by atoms with Gasteiger partial charge < -0.3 is 20.5 Å². The Morgan fingerprint density at radius 2 is 2.00 bits per heavy atom. The summed E-state index contributed by atoms with van der Waals surface area (Å²) in [6, 6.07) is -0.661. The highest BCUT2D eigenvalue weighted by atomic mass is 32.2. The smallest absolute Gasteiger partial charge is 0.315 e. The van der Waals surface area contributed by atoms with Crippen molar-refractivity contribution >= 4 is 22.8 Å². The summed E-state index contributed by atoms with van der Waals surface area (Å²) in [5, 5.41) is 14.6. The molecule has 0 aliphatic carbocycles. The Morgan fingerprint density at radius 3 is 2.50 bits per heavy atom. The van der Waals surface area contributed by atoms with Crippen LogP contribution in [0.3, 0.4) is 0 Å². The van der Waals surface area contributed by atoms with Crippen molar-refractivity contribution in [1.82, 2.24) is 10.6 Å². The Hall–Kier alpha value is -1.15. The molecule has 0 bridgehead atoms. The SMILES string of the molecule is CC(CS(C)=O)NC(=O)NCC1(C(=O)O)CCOCC1. The minimum atomic E-state index is -0.989. The number of carboxylic acid groups (broad SMARTS) is 1. The molecule has 7 nitrogen and oxygen atoms in total. The topological polar surface area (TPSA) is 105 Å². The van der Waals surface area contributed by atoms with E-state index in [1.54, 1.807) is 13.2 Å². The molecule has 0 aromatic carbocycles. The van der Waals surface area contributed by atoms with Gasteiger partial charge in [0.05, 0.1) is 5.41 Å². The minimum absolute atomic E-state index is 0.0689. The second-order valence-corrected chi connectivity index (χ2v) is 6.65. The Kier molecular flexibility index (Phi) is 6.41. The first-order valence-corrected chi connectivity index (χ1v) is 8.24. The highest BCUT2D eigenvalue weighted by molar-refractivity contribution is 7.84. The number of amides is 2. The van der Waals surface area contributed by atoms with Crippen molar-refractivity contribution < 1.29 is 23.6 Å². The van der Waals surface area contributed by atoms with Crippen LogP contribution in [0.5, 0.6) is 0 Å². The van der Waals surface area contributed by atoms with Gasteiger partial charge in [-0.2, -0.15) is 0 Å². The summed E-state index contributed by atoms with van der Waals surface area (Å²) in [6.45, 7) is 2.60. The zero-order valence-corrected chi connectivity index (χ0v) is 12.6. The van der Waals surface area contributed by atoms with Gasteiger partial charge in [0.25, 0.3) is 0 Å². The van der Waals surface area contributed by atoms with E-state index >= 15 is 0 Å². The predicted octanol–water partition coefficient (Wildman–Crippen LogP) is -0.0660. The molecule has 0 aromatic rings. The fourth-order valence-corrected chi connectivity index (χ4v) is 2.93. The molecule has 3 N–H and O–H groups in total. The minimum Gasteiger partial charge on any atom is -0.481 e. The lowest BCUT2D eigenvalue weighted by atomic mass is 9.80. The summed E-state index contributed by atoms with van der Waals surface area (Å²) in [7, 11) is -0.989. The third-order valence-corrected chi connectivity index (χ3v) is 4.32. The van der Waals surface area contributed by atoms with Gasteiger partial charge in [-0.15, -0.1) is 0 Å². The van der Waals surface area contributed by atoms with Crippen LogP contribution in [0.1, 0.15) is 19.8 Å². The molecule has 1 saturated heterocycles. The zero-order chi connectivity index (χ0) is 15.2. The van der Waals surface area contributed by atoms with Gasteiger partial charge >= 0.3 is 12.0 Å². The molecule has 1 aliphatic rings. The fourth-order valence-electron chi connectivity index (χ4n) is 2.15. The fraction of sp³-hybridized carbons (Fsp3) is 0.833. The molecular formula is C12H22N2O5S. The van der Waals surface area contributed by atoms with E-state index in [9.17, 15) is 18.9 Å². The Balaban J connectivity index is 2.45. The van der Waals surface area contributed by atoms with Crippen LogP contribution in [0.4, 0.5) is 4.79 Å². The van der Waals surface area contributed by atoms with E-state index in [1.807, 2.05) is 0 Å². The maximum atomic E-state index is 11.7. The molecule has 0 saturated carbocycles. The van der Waals surface area contributed by atoms with Gasteiger partial charge in [-0.3, -0.25) is 9.00 Å². The monoisotopic (exact) mass is 306 g/mol. The molecule has 0 spiro atoms. The van der Waals surface area contributed by atoms with Crippen LogP contribution >= 0.6 is 0 Å². The lowest BCUT2D eigenvalue weighted by Crippen LogP contribution is -2.50. The number of hydrogen-bond donors (Lipinski definition) is 3. The van der Waals surface area contributed by atoms with Gasteiger partial charge in [0.1, 0.15) is 0 Å². The van der Waals surface area contributed by atoms with Crippen LogP contribution < -0.4 is 10.6 Å². The molecule has 20 heavy (non-hydrogen) atoms. The molecule has 0 aromatic heterocycles. The number of hydrogen-bond acceptors (Lipinski definition) is 4. The van der Waals surface area contributed by atoms with E-state index in [4.69, 9.17) is 4.74 Å². The van der Waals surface area contributed by atoms with Crippen molar-refractivity contribution in [3.63, 3.8) is 0 Å². The first-order valence-electron chi connectivity index (χ1n) is 6.51. The van der Waals surface area contributed by atoms with E-state index in [0.29, 0.717) is 31.8 Å². The molecule has 1 heterocycles. The molecule has 2 amide bonds. The Labute approximate surface area is 120 Å². The van der Waals surface area contributed by atoms with Crippen molar-refractivity contribution in [1.29, 1.82) is 0 Å². The maximum Gasteiger partial charge on any atom is 0.315 e. The van der Waals surface area contributed by atoms with Crippen molar-refractivity contribution in [2.75, 3.05) is 31.8 Å². The highest BCUT2D eigenvalue weighted by Gasteiger charge is 2.40. The van der Waals surface area contributed by atoms with E-state index in [1.165, 1.54) is 0 Å². The number of urea groups is 1. The zero-order valence-electron chi connectivity index (χ0n) is 11.8. The quantitative estimate of drug-likeness (QED) is 0.637. The summed E-state index contributed by atoms with van der Waals surface area (Å²) in [5.41, 5.74) is -0.952. The first kappa shape index (κ1) is 16.9. The van der Waals surface area contributed by atoms with Gasteiger partial charge in [0.2, 0.25) is 0 Å². The molecule has 1 aliphatic heterocycles. The van der Waals surface area contributed by atoms with E-state index < -0.39 is 28.2 Å². The summed E-state index contributed by atoms with van der Waals surface area (Å²) in [4.78, 5) is 23.1. The summed E-state index contributed by atoms with van der Waals surface area (Å²) >= 11 is 0. The summed E-state index contributed by atoms with van der Waals surface area (Å²) < 4.78 is 16.2. The summed E-state index contributed by atoms with van der Waals surface area (Å²) in [6.07, 6.45) is 2.34. The largest absolute Gasteiger partial charge is 0.481 e. The van der Waals surface area contributed by atoms with Crippen LogP contribution in [-0.2, 0) is 20.3 Å². The summed E-state index contributed by atoms with van der Waals surface area (Å²) in [5.74, 6) is -0.547. The van der Waals surface area contributed by atoms with Gasteiger partial charge in [-0.1, -0.05) is 0 Å². The van der Waals surface area contributed by atoms with Crippen LogP contribution in [-0.4, -0.2) is 59.1 Å². The molecule has 2 atom stereocenters. The lowest BCUT2D eigenvalue weighted by Gasteiger charge is -2.33. The third kappa shape index (κ3) is 5.09. The number of aliphatic carboxylic acids is 1. The first-order chi connectivity index (χ1) is 9.35. The lowest BCUT2D eigenvalue weighted by molar-refractivity contribution is -0.154. The standard InChI is InChI=1S/C12H22N2O5S/c1-9(7-20(2)18)14-11(17)13-8-12(10(15)16)3-5-19-6-4-12/h9H,3-8H2,1-2H3,(H,15,16)(H2,13,14,17). The van der Waals surface area contributed by atoms with E-state index in [0.717, 1.165) is 0 Å². The maximum absolute atomic E-state index is 11.7. The number of carboxylic acids is 1. The number of carbonyl (C=O) groups is 2. The third-order valence-electron chi connectivity index (χ3n) is 3.35. The molecule has 1 rings (SSSR count). The number of rotatable bonds is 6. The molecular weight excluding hydrogens is 284 g/mol. The van der Waals surface area contributed by atoms with E-state index in [2.05, 4.69) is 10.6 Å². The Morgan fingerprint density at radius 1 is 1.40 bits per heavy atom. The van der Waals surface area contributed by atoms with Crippen LogP contribution in [0.2, 0.25) is 0 Å². The molecule has 116 valence electrons. The van der Waals surface area contributed by atoms with Crippen LogP contribution in [0.25, 0.3) is 0 Å². The van der Waals surface area contributed by atoms with Crippen molar-refractivity contribution in [3.8, 4) is 0 Å². The molecule has 8 heteroatoms. The second kappa shape index (κ2) is 7.58. The molecule has 0 radical (unpaired) electrons. The second-order valence-electron chi connectivity index (χ2n) is 5.17. The number of carbonyl (C=O) groups excluding carboxylic acids is 1. The highest BCUT2D eigenvalue weighted by Crippen LogP contribution is 2.29. The molecule has 1 fully saturated rings. The average Bonchev–Trinajstić information content (AvgIpc) is 2.36. The van der Waals surface area contributed by atoms with Gasteiger partial charge in [-0.05, 0) is 19.8 Å². The van der Waals surface area contributed by atoms with E-state index in [-0.39, 0.29) is 12.6 Å². The molecule has 2 unspecified atom stereocenters. The Bertz CT molecular complexity index is 382. The van der Waals surface area contributed by atoms with Crippen molar-refractivity contribution in [2.24, 2.45) is 5.41 Å². The van der Waals surface area contributed by atoms with Gasteiger partial charge in [-0.25, -0.2) is 4.79 Å².